The molecule has 3 aliphatic rings. The first-order chi connectivity index (χ1) is 13.0. The molecule has 1 aromatic rings. The lowest BCUT2D eigenvalue weighted by Crippen LogP contribution is -2.46. The summed E-state index contributed by atoms with van der Waals surface area (Å²) in [6.07, 6.45) is 1.80. The third-order valence-corrected chi connectivity index (χ3v) is 5.76. The Morgan fingerprint density at radius 3 is 2.41 bits per heavy atom. The fourth-order valence-electron chi connectivity index (χ4n) is 3.92. The van der Waals surface area contributed by atoms with Gasteiger partial charge in [0.25, 0.3) is 11.8 Å². The van der Waals surface area contributed by atoms with E-state index >= 15 is 0 Å². The molecule has 2 amide bonds. The molecule has 3 aliphatic heterocycles. The van der Waals surface area contributed by atoms with Crippen LogP contribution in [0.4, 0.5) is 0 Å². The molecule has 27 heavy (non-hydrogen) atoms. The Balaban J connectivity index is 1.68. The molecular weight excluding hydrogens is 366 g/mol. The van der Waals surface area contributed by atoms with E-state index in [1.54, 1.807) is 12.1 Å². The van der Waals surface area contributed by atoms with Crippen molar-refractivity contribution in [2.45, 2.75) is 18.9 Å². The third kappa shape index (κ3) is 3.61. The predicted octanol–water partition coefficient (Wildman–Crippen LogP) is 1.85. The quantitative estimate of drug-likeness (QED) is 0.735. The normalized spacial score (nSPS) is 24.4. The number of imide groups is 1. The molecule has 0 N–H and O–H groups in total. The maximum Gasteiger partial charge on any atom is 0.277 e. The van der Waals surface area contributed by atoms with E-state index in [-0.39, 0.29) is 17.9 Å². The fourth-order valence-corrected chi connectivity index (χ4v) is 4.05. The summed E-state index contributed by atoms with van der Waals surface area (Å²) in [7, 11) is 2.07. The summed E-state index contributed by atoms with van der Waals surface area (Å²) >= 11 is 6.02. The average Bonchev–Trinajstić information content (AvgIpc) is 3.26. The van der Waals surface area contributed by atoms with Crippen molar-refractivity contribution in [3.63, 3.8) is 0 Å². The van der Waals surface area contributed by atoms with Gasteiger partial charge in [-0.2, -0.15) is 0 Å². The maximum atomic E-state index is 13.2. The number of ether oxygens (including phenoxy) is 1. The van der Waals surface area contributed by atoms with Crippen LogP contribution in [0.1, 0.15) is 18.4 Å². The Kier molecular flexibility index (Phi) is 5.21. The minimum Gasteiger partial charge on any atom is -0.376 e. The second-order valence-electron chi connectivity index (χ2n) is 7.38. The van der Waals surface area contributed by atoms with Crippen molar-refractivity contribution in [1.82, 2.24) is 14.7 Å². The van der Waals surface area contributed by atoms with Gasteiger partial charge in [0.05, 0.1) is 18.2 Å². The van der Waals surface area contributed by atoms with E-state index in [0.29, 0.717) is 29.4 Å². The van der Waals surface area contributed by atoms with Crippen LogP contribution in [0, 0.1) is 0 Å². The summed E-state index contributed by atoms with van der Waals surface area (Å²) in [5, 5.41) is 0.605. The largest absolute Gasteiger partial charge is 0.376 e. The Bertz CT molecular complexity index is 763. The summed E-state index contributed by atoms with van der Waals surface area (Å²) in [6, 6.07) is 7.14. The molecule has 3 heterocycles. The van der Waals surface area contributed by atoms with Gasteiger partial charge in [-0.15, -0.1) is 0 Å². The standard InChI is InChI=1S/C20H24ClN3O3/c1-22-8-10-23(11-9-22)18-17(14-4-6-15(21)7-5-14)19(25)24(20(18)26)13-16-3-2-12-27-16/h4-7,16H,2-3,8-13H2,1H3. The molecule has 2 fully saturated rings. The Morgan fingerprint density at radius 2 is 1.78 bits per heavy atom. The molecule has 1 aromatic carbocycles. The Labute approximate surface area is 164 Å². The number of carbonyl (C=O) groups is 2. The molecule has 144 valence electrons. The Hall–Kier alpha value is -1.89. The average molecular weight is 390 g/mol. The molecule has 0 spiro atoms. The Morgan fingerprint density at radius 1 is 1.07 bits per heavy atom. The van der Waals surface area contributed by atoms with Crippen LogP contribution in [0.5, 0.6) is 0 Å². The van der Waals surface area contributed by atoms with Crippen LogP contribution in [-0.4, -0.2) is 79.0 Å². The highest BCUT2D eigenvalue weighted by atomic mass is 35.5. The zero-order chi connectivity index (χ0) is 19.0. The van der Waals surface area contributed by atoms with Gasteiger partial charge in [0.1, 0.15) is 5.70 Å². The van der Waals surface area contributed by atoms with Crippen molar-refractivity contribution in [1.29, 1.82) is 0 Å². The second-order valence-corrected chi connectivity index (χ2v) is 7.81. The number of likely N-dealkylation sites (N-methyl/N-ethyl adjacent to an activating group) is 1. The van der Waals surface area contributed by atoms with Gasteiger partial charge in [-0.3, -0.25) is 14.5 Å². The number of benzene rings is 1. The monoisotopic (exact) mass is 389 g/mol. The molecule has 0 bridgehead atoms. The highest BCUT2D eigenvalue weighted by Gasteiger charge is 2.43. The lowest BCUT2D eigenvalue weighted by Gasteiger charge is -2.34. The van der Waals surface area contributed by atoms with Gasteiger partial charge >= 0.3 is 0 Å². The summed E-state index contributed by atoms with van der Waals surface area (Å²) in [5.74, 6) is -0.434. The van der Waals surface area contributed by atoms with Gasteiger partial charge in [0.2, 0.25) is 0 Å². The number of nitrogens with zero attached hydrogens (tertiary/aromatic N) is 3. The van der Waals surface area contributed by atoms with E-state index in [4.69, 9.17) is 16.3 Å². The number of amides is 2. The summed E-state index contributed by atoms with van der Waals surface area (Å²) < 4.78 is 5.66. The molecule has 6 nitrogen and oxygen atoms in total. The lowest BCUT2D eigenvalue weighted by atomic mass is 10.0. The molecule has 0 aliphatic carbocycles. The highest BCUT2D eigenvalue weighted by molar-refractivity contribution is 6.36. The van der Waals surface area contributed by atoms with E-state index in [0.717, 1.165) is 44.6 Å². The molecule has 0 aromatic heterocycles. The van der Waals surface area contributed by atoms with Crippen molar-refractivity contribution in [3.05, 3.63) is 40.5 Å². The van der Waals surface area contributed by atoms with Crippen LogP contribution in [0.3, 0.4) is 0 Å². The summed E-state index contributed by atoms with van der Waals surface area (Å²) in [5.41, 5.74) is 1.74. The molecule has 0 saturated carbocycles. The van der Waals surface area contributed by atoms with Gasteiger partial charge in [-0.25, -0.2) is 0 Å². The van der Waals surface area contributed by atoms with Crippen LogP contribution < -0.4 is 0 Å². The van der Waals surface area contributed by atoms with Gasteiger partial charge < -0.3 is 14.5 Å². The van der Waals surface area contributed by atoms with E-state index in [1.165, 1.54) is 4.90 Å². The topological polar surface area (TPSA) is 53.1 Å². The third-order valence-electron chi connectivity index (χ3n) is 5.51. The van der Waals surface area contributed by atoms with Gasteiger partial charge in [0, 0.05) is 37.8 Å². The van der Waals surface area contributed by atoms with Gasteiger partial charge in [-0.1, -0.05) is 23.7 Å². The van der Waals surface area contributed by atoms with Crippen LogP contribution >= 0.6 is 11.6 Å². The minimum absolute atomic E-state index is 0.0591. The van der Waals surface area contributed by atoms with Crippen LogP contribution in [0.2, 0.25) is 5.02 Å². The zero-order valence-corrected chi connectivity index (χ0v) is 16.2. The van der Waals surface area contributed by atoms with Crippen molar-refractivity contribution >= 4 is 29.0 Å². The smallest absolute Gasteiger partial charge is 0.277 e. The SMILES string of the molecule is CN1CCN(C2=C(c3ccc(Cl)cc3)C(=O)N(CC3CCCO3)C2=O)CC1. The molecule has 4 rings (SSSR count). The zero-order valence-electron chi connectivity index (χ0n) is 15.5. The molecule has 2 saturated heterocycles. The predicted molar refractivity (Wildman–Crippen MR) is 103 cm³/mol. The molecule has 7 heteroatoms. The van der Waals surface area contributed by atoms with Crippen molar-refractivity contribution < 1.29 is 14.3 Å². The number of carbonyl (C=O) groups excluding carboxylic acids is 2. The molecule has 1 unspecified atom stereocenters. The summed E-state index contributed by atoms with van der Waals surface area (Å²) in [4.78, 5) is 32.1. The fraction of sp³-hybridized carbons (Fsp3) is 0.500. The first-order valence-corrected chi connectivity index (χ1v) is 9.84. The number of hydrogen-bond acceptors (Lipinski definition) is 5. The lowest BCUT2D eigenvalue weighted by molar-refractivity contribution is -0.139. The van der Waals surface area contributed by atoms with Crippen LogP contribution in [0.15, 0.2) is 30.0 Å². The van der Waals surface area contributed by atoms with Gasteiger partial charge in [0.15, 0.2) is 0 Å². The number of piperazine rings is 1. The molecular formula is C20H24ClN3O3. The van der Waals surface area contributed by atoms with Crippen molar-refractivity contribution in [2.24, 2.45) is 0 Å². The van der Waals surface area contributed by atoms with Gasteiger partial charge in [-0.05, 0) is 37.6 Å². The maximum absolute atomic E-state index is 13.2. The minimum atomic E-state index is -0.230. The van der Waals surface area contributed by atoms with E-state index in [1.807, 2.05) is 12.1 Å². The number of rotatable bonds is 4. The van der Waals surface area contributed by atoms with Crippen molar-refractivity contribution in [2.75, 3.05) is 46.4 Å². The second kappa shape index (κ2) is 7.62. The van der Waals surface area contributed by atoms with E-state index in [9.17, 15) is 9.59 Å². The first-order valence-electron chi connectivity index (χ1n) is 9.46. The van der Waals surface area contributed by atoms with Crippen LogP contribution in [-0.2, 0) is 14.3 Å². The van der Waals surface area contributed by atoms with E-state index < -0.39 is 0 Å². The first kappa shape index (κ1) is 18.5. The highest BCUT2D eigenvalue weighted by Crippen LogP contribution is 2.33. The van der Waals surface area contributed by atoms with E-state index in [2.05, 4.69) is 16.8 Å². The van der Waals surface area contributed by atoms with Crippen LogP contribution in [0.25, 0.3) is 5.57 Å². The summed E-state index contributed by atoms with van der Waals surface area (Å²) in [6.45, 7) is 4.22. The number of halogens is 1. The molecule has 0 radical (unpaired) electrons. The van der Waals surface area contributed by atoms with Crippen molar-refractivity contribution in [3.8, 4) is 0 Å². The number of hydrogen-bond donors (Lipinski definition) is 0. The molecule has 1 atom stereocenters.